The lowest BCUT2D eigenvalue weighted by molar-refractivity contribution is -0.150. The number of fused-ring (bicyclic) bond motifs is 1. The van der Waals surface area contributed by atoms with E-state index in [-0.39, 0.29) is 24.7 Å². The van der Waals surface area contributed by atoms with Crippen LogP contribution in [0.25, 0.3) is 0 Å². The second kappa shape index (κ2) is 6.83. The van der Waals surface area contributed by atoms with Crippen molar-refractivity contribution >= 4 is 11.6 Å². The van der Waals surface area contributed by atoms with Crippen LogP contribution >= 0.6 is 0 Å². The van der Waals surface area contributed by atoms with Gasteiger partial charge in [-0.15, -0.1) is 0 Å². The second-order valence-electron chi connectivity index (χ2n) is 8.16. The average molecular weight is 359 g/mol. The summed E-state index contributed by atoms with van der Waals surface area (Å²) in [4.78, 5) is 18.3. The van der Waals surface area contributed by atoms with Crippen molar-refractivity contribution in [3.8, 4) is 0 Å². The zero-order chi connectivity index (χ0) is 18.3. The monoisotopic (exact) mass is 359 g/mol. The van der Waals surface area contributed by atoms with Crippen molar-refractivity contribution in [3.05, 3.63) is 29.8 Å². The molecule has 3 aliphatic rings. The van der Waals surface area contributed by atoms with Gasteiger partial charge in [0.2, 0.25) is 5.91 Å². The van der Waals surface area contributed by atoms with Crippen LogP contribution in [0.3, 0.4) is 0 Å². The number of ether oxygens (including phenoxy) is 1. The molecule has 0 aliphatic carbocycles. The lowest BCUT2D eigenvalue weighted by atomic mass is 9.90. The molecule has 3 fully saturated rings. The lowest BCUT2D eigenvalue weighted by Crippen LogP contribution is -2.52. The molecule has 3 heterocycles. The van der Waals surface area contributed by atoms with Crippen LogP contribution in [0, 0.1) is 6.92 Å². The summed E-state index contributed by atoms with van der Waals surface area (Å²) in [5, 5.41) is 11.1. The summed E-state index contributed by atoms with van der Waals surface area (Å²) in [5.74, 6) is 0.0539. The van der Waals surface area contributed by atoms with Crippen molar-refractivity contribution in [2.75, 3.05) is 51.3 Å². The van der Waals surface area contributed by atoms with E-state index in [1.165, 1.54) is 11.3 Å². The number of β-amino-alcohol motifs (C(OH)–C–C–N with tert-alkyl or cyclic N) is 1. The molecule has 0 bridgehead atoms. The molecule has 1 aromatic rings. The number of likely N-dealkylation sites (N-methyl/N-ethyl adjacent to an activating group) is 1. The van der Waals surface area contributed by atoms with Gasteiger partial charge in [-0.25, -0.2) is 0 Å². The Kier molecular flexibility index (Phi) is 4.67. The van der Waals surface area contributed by atoms with E-state index in [2.05, 4.69) is 41.0 Å². The van der Waals surface area contributed by atoms with Gasteiger partial charge in [0.05, 0.1) is 17.7 Å². The molecule has 6 heteroatoms. The summed E-state index contributed by atoms with van der Waals surface area (Å²) in [6.45, 7) is 6.27. The maximum Gasteiger partial charge on any atom is 0.248 e. The van der Waals surface area contributed by atoms with Crippen LogP contribution in [0.5, 0.6) is 0 Å². The van der Waals surface area contributed by atoms with Gasteiger partial charge >= 0.3 is 0 Å². The van der Waals surface area contributed by atoms with Gasteiger partial charge in [-0.2, -0.15) is 0 Å². The highest BCUT2D eigenvalue weighted by Crippen LogP contribution is 2.30. The maximum absolute atomic E-state index is 11.8. The quantitative estimate of drug-likeness (QED) is 0.868. The summed E-state index contributed by atoms with van der Waals surface area (Å²) in [5.41, 5.74) is 1.85. The van der Waals surface area contributed by atoms with Crippen LogP contribution in [-0.2, 0) is 9.53 Å². The number of amides is 1. The smallest absolute Gasteiger partial charge is 0.248 e. The number of hydrogen-bond donors (Lipinski definition) is 1. The third-order valence-corrected chi connectivity index (χ3v) is 6.24. The van der Waals surface area contributed by atoms with Gasteiger partial charge in [0.1, 0.15) is 6.61 Å². The van der Waals surface area contributed by atoms with Gasteiger partial charge in [-0.3, -0.25) is 9.69 Å². The minimum absolute atomic E-state index is 0.0539. The molecule has 1 aromatic carbocycles. The summed E-state index contributed by atoms with van der Waals surface area (Å²) >= 11 is 0. The van der Waals surface area contributed by atoms with Gasteiger partial charge in [0, 0.05) is 45.5 Å². The Morgan fingerprint density at radius 3 is 2.58 bits per heavy atom. The molecule has 0 spiro atoms. The average Bonchev–Trinajstić information content (AvgIpc) is 3.02. The Hall–Kier alpha value is -1.63. The molecule has 3 saturated heterocycles. The Morgan fingerprint density at radius 1 is 1.19 bits per heavy atom. The molecule has 2 atom stereocenters. The molecule has 0 unspecified atom stereocenters. The zero-order valence-corrected chi connectivity index (χ0v) is 15.7. The highest BCUT2D eigenvalue weighted by atomic mass is 16.5. The van der Waals surface area contributed by atoms with E-state index in [1.54, 1.807) is 0 Å². The van der Waals surface area contributed by atoms with E-state index in [9.17, 15) is 9.90 Å². The fourth-order valence-corrected chi connectivity index (χ4v) is 4.47. The molecule has 6 nitrogen and oxygen atoms in total. The molecular formula is C20H29N3O3. The Bertz CT molecular complexity index is 655. The number of nitrogens with zero attached hydrogens (tertiary/aromatic N) is 3. The number of morpholine rings is 1. The number of rotatable bonds is 3. The summed E-state index contributed by atoms with van der Waals surface area (Å²) in [6.07, 6.45) is 1.61. The van der Waals surface area contributed by atoms with Gasteiger partial charge < -0.3 is 19.6 Å². The Balaban J connectivity index is 1.33. The van der Waals surface area contributed by atoms with Gasteiger partial charge in [-0.1, -0.05) is 17.7 Å². The van der Waals surface area contributed by atoms with Crippen molar-refractivity contribution in [2.24, 2.45) is 0 Å². The third kappa shape index (κ3) is 3.46. The predicted octanol–water partition coefficient (Wildman–Crippen LogP) is 0.868. The van der Waals surface area contributed by atoms with E-state index in [1.807, 2.05) is 11.9 Å². The van der Waals surface area contributed by atoms with Gasteiger partial charge in [0.25, 0.3) is 0 Å². The first-order valence-electron chi connectivity index (χ1n) is 9.57. The van der Waals surface area contributed by atoms with E-state index in [0.29, 0.717) is 6.54 Å². The highest BCUT2D eigenvalue weighted by molar-refractivity contribution is 5.78. The van der Waals surface area contributed by atoms with E-state index >= 15 is 0 Å². The number of aliphatic hydroxyl groups is 1. The number of aryl methyl sites for hydroxylation is 1. The van der Waals surface area contributed by atoms with Crippen molar-refractivity contribution in [2.45, 2.75) is 37.5 Å². The van der Waals surface area contributed by atoms with Crippen molar-refractivity contribution in [1.82, 2.24) is 9.80 Å². The zero-order valence-electron chi connectivity index (χ0n) is 15.7. The van der Waals surface area contributed by atoms with E-state index in [0.717, 1.165) is 39.0 Å². The first-order valence-corrected chi connectivity index (χ1v) is 9.57. The predicted molar refractivity (Wildman–Crippen MR) is 100 cm³/mol. The molecule has 1 N–H and O–H groups in total. The standard InChI is InChI=1S/C20H29N3O3/c1-15-3-5-16(6-4-15)23-9-7-20(25,8-10-23)14-22-11-17-18(12-22)26-13-19(24)21(17)2/h3-6,17-18,25H,7-14H2,1-2H3/t17-,18-/m0/s1. The van der Waals surface area contributed by atoms with E-state index < -0.39 is 5.60 Å². The number of carbonyl (C=O) groups excluding carboxylic acids is 1. The molecule has 26 heavy (non-hydrogen) atoms. The lowest BCUT2D eigenvalue weighted by Gasteiger charge is -2.41. The number of likely N-dealkylation sites (tertiary alicyclic amines) is 1. The normalized spacial score (nSPS) is 29.1. The molecule has 3 aliphatic heterocycles. The number of piperidine rings is 1. The van der Waals surface area contributed by atoms with Crippen LogP contribution in [-0.4, -0.2) is 84.9 Å². The minimum atomic E-state index is -0.655. The molecule has 0 aromatic heterocycles. The van der Waals surface area contributed by atoms with Gasteiger partial charge in [0.15, 0.2) is 0 Å². The molecule has 142 valence electrons. The fourth-order valence-electron chi connectivity index (χ4n) is 4.47. The Labute approximate surface area is 155 Å². The fraction of sp³-hybridized carbons (Fsp3) is 0.650. The second-order valence-corrected chi connectivity index (χ2v) is 8.16. The van der Waals surface area contributed by atoms with Crippen molar-refractivity contribution in [3.63, 3.8) is 0 Å². The minimum Gasteiger partial charge on any atom is -0.388 e. The topological polar surface area (TPSA) is 56.2 Å². The molecule has 1 amide bonds. The summed E-state index contributed by atoms with van der Waals surface area (Å²) in [7, 11) is 1.86. The van der Waals surface area contributed by atoms with Crippen LogP contribution in [0.1, 0.15) is 18.4 Å². The number of benzene rings is 1. The SMILES string of the molecule is Cc1ccc(N2CCC(O)(CN3C[C@@H]4OCC(=O)N(C)[C@H]4C3)CC2)cc1. The molecule has 0 saturated carbocycles. The van der Waals surface area contributed by atoms with Gasteiger partial charge in [-0.05, 0) is 31.9 Å². The van der Waals surface area contributed by atoms with Crippen LogP contribution in [0.2, 0.25) is 0 Å². The number of anilines is 1. The third-order valence-electron chi connectivity index (χ3n) is 6.24. The molecule has 4 rings (SSSR count). The van der Waals surface area contributed by atoms with Crippen LogP contribution in [0.4, 0.5) is 5.69 Å². The van der Waals surface area contributed by atoms with Crippen LogP contribution < -0.4 is 4.90 Å². The Morgan fingerprint density at radius 2 is 1.88 bits per heavy atom. The molecule has 0 radical (unpaired) electrons. The first-order chi connectivity index (χ1) is 12.4. The first kappa shape index (κ1) is 17.8. The largest absolute Gasteiger partial charge is 0.388 e. The summed E-state index contributed by atoms with van der Waals surface area (Å²) in [6, 6.07) is 8.72. The van der Waals surface area contributed by atoms with Crippen molar-refractivity contribution in [1.29, 1.82) is 0 Å². The number of hydrogen-bond acceptors (Lipinski definition) is 5. The highest BCUT2D eigenvalue weighted by Gasteiger charge is 2.44. The van der Waals surface area contributed by atoms with E-state index in [4.69, 9.17) is 4.74 Å². The molecular weight excluding hydrogens is 330 g/mol. The summed E-state index contributed by atoms with van der Waals surface area (Å²) < 4.78 is 5.70. The number of carbonyl (C=O) groups is 1. The van der Waals surface area contributed by atoms with Crippen molar-refractivity contribution < 1.29 is 14.6 Å². The van der Waals surface area contributed by atoms with Crippen LogP contribution in [0.15, 0.2) is 24.3 Å². The maximum atomic E-state index is 11.8.